The number of nitrogens with one attached hydrogen (secondary N) is 1. The molecule has 9 heteroatoms. The van der Waals surface area contributed by atoms with Gasteiger partial charge in [-0.05, 0) is 48.6 Å². The van der Waals surface area contributed by atoms with Crippen LogP contribution in [0.5, 0.6) is 5.75 Å². The molecule has 0 fully saturated rings. The van der Waals surface area contributed by atoms with Gasteiger partial charge in [-0.25, -0.2) is 13.1 Å². The molecule has 0 heterocycles. The highest BCUT2D eigenvalue weighted by molar-refractivity contribution is 7.89. The van der Waals surface area contributed by atoms with E-state index in [9.17, 15) is 18.5 Å². The van der Waals surface area contributed by atoms with Crippen LogP contribution in [0.3, 0.4) is 0 Å². The lowest BCUT2D eigenvalue weighted by atomic mass is 9.88. The van der Waals surface area contributed by atoms with Gasteiger partial charge in [0.2, 0.25) is 10.0 Å². The largest absolute Gasteiger partial charge is 0.495 e. The molecule has 0 spiro atoms. The Labute approximate surface area is 151 Å². The van der Waals surface area contributed by atoms with Crippen LogP contribution < -0.4 is 15.2 Å². The zero-order chi connectivity index (χ0) is 18.9. The summed E-state index contributed by atoms with van der Waals surface area (Å²) in [6, 6.07) is 8.50. The van der Waals surface area contributed by atoms with E-state index in [-0.39, 0.29) is 22.4 Å². The monoisotopic (exact) mass is 377 g/mol. The van der Waals surface area contributed by atoms with E-state index in [1.807, 2.05) is 12.1 Å². The second-order valence-electron chi connectivity index (χ2n) is 6.12. The summed E-state index contributed by atoms with van der Waals surface area (Å²) in [5.74, 6) is -0.0694. The summed E-state index contributed by atoms with van der Waals surface area (Å²) >= 11 is 0. The SMILES string of the molecule is COc1cc([N+](=O)[O-])ccc1S(=O)(=O)NC1CCCc2cc(N)ccc21. The number of nitro benzene ring substituents is 1. The molecule has 1 unspecified atom stereocenters. The third kappa shape index (κ3) is 3.49. The number of methoxy groups -OCH3 is 1. The first kappa shape index (κ1) is 18.2. The van der Waals surface area contributed by atoms with Crippen molar-refractivity contribution in [1.29, 1.82) is 0 Å². The smallest absolute Gasteiger partial charge is 0.273 e. The van der Waals surface area contributed by atoms with Gasteiger partial charge >= 0.3 is 0 Å². The number of hydrogen-bond donors (Lipinski definition) is 2. The quantitative estimate of drug-likeness (QED) is 0.469. The van der Waals surface area contributed by atoms with Crippen LogP contribution in [0, 0.1) is 10.1 Å². The van der Waals surface area contributed by atoms with E-state index >= 15 is 0 Å². The summed E-state index contributed by atoms with van der Waals surface area (Å²) in [6.07, 6.45) is 2.34. The maximum absolute atomic E-state index is 12.9. The molecule has 26 heavy (non-hydrogen) atoms. The Bertz CT molecular complexity index is 959. The van der Waals surface area contributed by atoms with Crippen molar-refractivity contribution in [2.75, 3.05) is 12.8 Å². The Kier molecular flexibility index (Phi) is 4.84. The fourth-order valence-corrected chi connectivity index (χ4v) is 4.60. The second-order valence-corrected chi connectivity index (χ2v) is 7.80. The molecule has 0 saturated heterocycles. The van der Waals surface area contributed by atoms with E-state index in [1.165, 1.54) is 13.2 Å². The van der Waals surface area contributed by atoms with E-state index in [2.05, 4.69) is 4.72 Å². The van der Waals surface area contributed by atoms with E-state index in [0.29, 0.717) is 12.1 Å². The predicted molar refractivity (Wildman–Crippen MR) is 96.5 cm³/mol. The number of nitrogens with zero attached hydrogens (tertiary/aromatic N) is 1. The lowest BCUT2D eigenvalue weighted by molar-refractivity contribution is -0.385. The van der Waals surface area contributed by atoms with Crippen molar-refractivity contribution >= 4 is 21.4 Å². The standard InChI is InChI=1S/C17H19N3O5S/c1-25-16-10-13(20(21)22)6-8-17(16)26(23,24)19-15-4-2-3-11-9-12(18)5-7-14(11)15/h5-10,15,19H,2-4,18H2,1H3. The summed E-state index contributed by atoms with van der Waals surface area (Å²) in [6.45, 7) is 0. The van der Waals surface area contributed by atoms with Gasteiger partial charge in [-0.15, -0.1) is 0 Å². The Morgan fingerprint density at radius 3 is 2.73 bits per heavy atom. The number of fused-ring (bicyclic) bond motifs is 1. The number of rotatable bonds is 5. The number of non-ortho nitro benzene ring substituents is 1. The molecule has 3 rings (SSSR count). The topological polar surface area (TPSA) is 125 Å². The van der Waals surface area contributed by atoms with Crippen molar-refractivity contribution < 1.29 is 18.1 Å². The molecular formula is C17H19N3O5S. The van der Waals surface area contributed by atoms with Crippen LogP contribution in [0.1, 0.15) is 30.0 Å². The molecule has 8 nitrogen and oxygen atoms in total. The van der Waals surface area contributed by atoms with Gasteiger partial charge in [-0.1, -0.05) is 6.07 Å². The molecule has 2 aromatic carbocycles. The minimum absolute atomic E-state index is 0.0694. The van der Waals surface area contributed by atoms with Crippen LogP contribution >= 0.6 is 0 Å². The lowest BCUT2D eigenvalue weighted by Gasteiger charge is -2.26. The molecule has 3 N–H and O–H groups in total. The van der Waals surface area contributed by atoms with E-state index in [4.69, 9.17) is 10.5 Å². The first-order chi connectivity index (χ1) is 12.3. The van der Waals surface area contributed by atoms with E-state index in [0.717, 1.165) is 36.1 Å². The van der Waals surface area contributed by atoms with Crippen molar-refractivity contribution in [3.8, 4) is 5.75 Å². The molecule has 1 aliphatic rings. The fourth-order valence-electron chi connectivity index (χ4n) is 3.20. The highest BCUT2D eigenvalue weighted by Crippen LogP contribution is 2.34. The second kappa shape index (κ2) is 6.93. The average molecular weight is 377 g/mol. The molecule has 0 saturated carbocycles. The number of sulfonamides is 1. The molecule has 138 valence electrons. The van der Waals surface area contributed by atoms with Crippen molar-refractivity contribution in [2.24, 2.45) is 0 Å². The van der Waals surface area contributed by atoms with Gasteiger partial charge < -0.3 is 10.5 Å². The van der Waals surface area contributed by atoms with Gasteiger partial charge in [0.15, 0.2) is 0 Å². The number of aryl methyl sites for hydroxylation is 1. The van der Waals surface area contributed by atoms with Crippen LogP contribution in [0.4, 0.5) is 11.4 Å². The number of hydrogen-bond acceptors (Lipinski definition) is 6. The van der Waals surface area contributed by atoms with Gasteiger partial charge in [0, 0.05) is 17.8 Å². The van der Waals surface area contributed by atoms with Crippen molar-refractivity contribution in [1.82, 2.24) is 4.72 Å². The van der Waals surface area contributed by atoms with Gasteiger partial charge in [0.1, 0.15) is 10.6 Å². The van der Waals surface area contributed by atoms with Crippen LogP contribution in [0.25, 0.3) is 0 Å². The molecule has 0 aromatic heterocycles. The zero-order valence-corrected chi connectivity index (χ0v) is 15.0. The molecule has 0 bridgehead atoms. The summed E-state index contributed by atoms with van der Waals surface area (Å²) in [7, 11) is -2.65. The minimum atomic E-state index is -3.93. The third-order valence-electron chi connectivity index (χ3n) is 4.43. The number of nitro groups is 1. The normalized spacial score (nSPS) is 16.7. The third-order valence-corrected chi connectivity index (χ3v) is 5.94. The number of benzene rings is 2. The number of ether oxygens (including phenoxy) is 1. The maximum atomic E-state index is 12.9. The van der Waals surface area contributed by atoms with Gasteiger partial charge in [0.25, 0.3) is 5.69 Å². The summed E-state index contributed by atoms with van der Waals surface area (Å²) in [5.41, 5.74) is 8.14. The highest BCUT2D eigenvalue weighted by Gasteiger charge is 2.28. The Morgan fingerprint density at radius 2 is 2.04 bits per heavy atom. The average Bonchev–Trinajstić information content (AvgIpc) is 2.60. The van der Waals surface area contributed by atoms with Crippen LogP contribution in [-0.2, 0) is 16.4 Å². The number of anilines is 1. The molecule has 0 aliphatic heterocycles. The van der Waals surface area contributed by atoms with Crippen molar-refractivity contribution in [3.05, 3.63) is 57.6 Å². The van der Waals surface area contributed by atoms with Crippen LogP contribution in [0.2, 0.25) is 0 Å². The van der Waals surface area contributed by atoms with E-state index in [1.54, 1.807) is 6.07 Å². The number of nitrogens with two attached hydrogens (primary N) is 1. The molecule has 0 amide bonds. The zero-order valence-electron chi connectivity index (χ0n) is 14.1. The highest BCUT2D eigenvalue weighted by atomic mass is 32.2. The Morgan fingerprint density at radius 1 is 1.27 bits per heavy atom. The summed E-state index contributed by atoms with van der Waals surface area (Å²) < 4.78 is 33.5. The predicted octanol–water partition coefficient (Wildman–Crippen LogP) is 2.54. The van der Waals surface area contributed by atoms with Gasteiger partial charge in [-0.3, -0.25) is 10.1 Å². The van der Waals surface area contributed by atoms with Crippen molar-refractivity contribution in [3.63, 3.8) is 0 Å². The Balaban J connectivity index is 1.95. The summed E-state index contributed by atoms with van der Waals surface area (Å²) in [5, 5.41) is 10.9. The first-order valence-corrected chi connectivity index (χ1v) is 9.53. The van der Waals surface area contributed by atoms with Gasteiger partial charge in [0.05, 0.1) is 18.1 Å². The van der Waals surface area contributed by atoms with Crippen LogP contribution in [0.15, 0.2) is 41.3 Å². The molecule has 1 atom stereocenters. The Hall–Kier alpha value is -2.65. The first-order valence-electron chi connectivity index (χ1n) is 8.05. The summed E-state index contributed by atoms with van der Waals surface area (Å²) in [4.78, 5) is 10.2. The molecule has 2 aromatic rings. The van der Waals surface area contributed by atoms with E-state index < -0.39 is 14.9 Å². The van der Waals surface area contributed by atoms with Crippen molar-refractivity contribution in [2.45, 2.75) is 30.2 Å². The molecular weight excluding hydrogens is 358 g/mol. The van der Waals surface area contributed by atoms with Gasteiger partial charge in [-0.2, -0.15) is 0 Å². The molecule has 0 radical (unpaired) electrons. The minimum Gasteiger partial charge on any atom is -0.495 e. The van der Waals surface area contributed by atoms with Crippen LogP contribution in [-0.4, -0.2) is 20.5 Å². The lowest BCUT2D eigenvalue weighted by Crippen LogP contribution is -2.31. The molecule has 1 aliphatic carbocycles. The fraction of sp³-hybridized carbons (Fsp3) is 0.294. The number of nitrogen functional groups attached to an aromatic ring is 1. The maximum Gasteiger partial charge on any atom is 0.273 e.